The van der Waals surface area contributed by atoms with Gasteiger partial charge >= 0.3 is 0 Å². The summed E-state index contributed by atoms with van der Waals surface area (Å²) in [5, 5.41) is 18.4. The summed E-state index contributed by atoms with van der Waals surface area (Å²) in [5.41, 5.74) is 2.08. The van der Waals surface area contributed by atoms with E-state index in [0.29, 0.717) is 42.1 Å². The summed E-state index contributed by atoms with van der Waals surface area (Å²) in [4.78, 5) is 20.2. The number of amides is 1. The number of alkyl halides is 2. The number of halogens is 2. The van der Waals surface area contributed by atoms with Gasteiger partial charge in [0.1, 0.15) is 23.3 Å². The summed E-state index contributed by atoms with van der Waals surface area (Å²) < 4.78 is 29.5. The maximum absolute atomic E-state index is 14.8. The van der Waals surface area contributed by atoms with Crippen LogP contribution in [0, 0.1) is 29.1 Å². The van der Waals surface area contributed by atoms with Crippen LogP contribution in [0.2, 0.25) is 0 Å². The number of rotatable bonds is 4. The smallest absolute Gasteiger partial charge is 0.275 e. The Morgan fingerprint density at radius 1 is 1.38 bits per heavy atom. The second-order valence-electron chi connectivity index (χ2n) is 8.77. The Morgan fingerprint density at radius 3 is 2.66 bits per heavy atom. The summed E-state index contributed by atoms with van der Waals surface area (Å²) in [5.74, 6) is -1.57. The zero-order chi connectivity index (χ0) is 20.5. The predicted octanol–water partition coefficient (Wildman–Crippen LogP) is 2.17. The van der Waals surface area contributed by atoms with Crippen LogP contribution in [0.1, 0.15) is 42.9 Å². The van der Waals surface area contributed by atoms with Crippen LogP contribution in [0.25, 0.3) is 0 Å². The zero-order valence-electron chi connectivity index (χ0n) is 16.2. The number of nitrogens with zero attached hydrogens (tertiary/aromatic N) is 4. The molecule has 2 aliphatic heterocycles. The number of pyridine rings is 1. The van der Waals surface area contributed by atoms with Crippen molar-refractivity contribution in [1.29, 1.82) is 5.26 Å². The van der Waals surface area contributed by atoms with Gasteiger partial charge in [-0.25, -0.2) is 19.2 Å². The van der Waals surface area contributed by atoms with Crippen molar-refractivity contribution < 1.29 is 18.8 Å². The lowest BCUT2D eigenvalue weighted by Gasteiger charge is -2.41. The van der Waals surface area contributed by atoms with Crippen LogP contribution >= 0.6 is 0 Å². The molecule has 1 aromatic heterocycles. The highest BCUT2D eigenvalue weighted by molar-refractivity contribution is 5.75. The molecule has 3 heterocycles. The van der Waals surface area contributed by atoms with Crippen LogP contribution in [0.3, 0.4) is 0 Å². The molecular weight excluding hydrogens is 380 g/mol. The second kappa shape index (κ2) is 6.26. The first-order valence-corrected chi connectivity index (χ1v) is 10.2. The Hall–Kier alpha value is -2.47. The number of carbonyl (C=O) groups excluding carboxylic acids is 1. The highest BCUT2D eigenvalue weighted by atomic mass is 19.3. The Morgan fingerprint density at radius 2 is 2.10 bits per heavy atom. The van der Waals surface area contributed by atoms with Crippen molar-refractivity contribution in [2.45, 2.75) is 44.6 Å². The van der Waals surface area contributed by atoms with E-state index in [0.717, 1.165) is 13.0 Å². The third-order valence-corrected chi connectivity index (χ3v) is 7.23. The topological polar surface area (TPSA) is 92.5 Å². The number of aromatic nitrogens is 1. The van der Waals surface area contributed by atoms with Gasteiger partial charge in [-0.05, 0) is 37.5 Å². The number of hydrogen-bond donors (Lipinski definition) is 2. The lowest BCUT2D eigenvalue weighted by molar-refractivity contribution is -0.129. The Labute approximate surface area is 167 Å². The molecule has 9 heteroatoms. The quantitative estimate of drug-likeness (QED) is 0.591. The number of anilines is 2. The average molecular weight is 403 g/mol. The molecule has 2 N–H and O–H groups in total. The summed E-state index contributed by atoms with van der Waals surface area (Å²) in [7, 11) is 0. The molecule has 1 aromatic rings. The Bertz CT molecular complexity index is 918. The highest BCUT2D eigenvalue weighted by Crippen LogP contribution is 2.56. The molecule has 4 aliphatic rings. The van der Waals surface area contributed by atoms with E-state index >= 15 is 0 Å². The van der Waals surface area contributed by atoms with Crippen molar-refractivity contribution in [2.75, 3.05) is 29.4 Å². The van der Waals surface area contributed by atoms with Gasteiger partial charge in [0.2, 0.25) is 5.91 Å². The largest absolute Gasteiger partial charge is 0.356 e. The van der Waals surface area contributed by atoms with E-state index in [1.807, 2.05) is 17.9 Å². The van der Waals surface area contributed by atoms with Crippen molar-refractivity contribution in [1.82, 2.24) is 10.5 Å². The molecule has 154 valence electrons. The average Bonchev–Trinajstić information content (AvgIpc) is 3.02. The van der Waals surface area contributed by atoms with Crippen molar-refractivity contribution >= 4 is 17.5 Å². The molecule has 5 rings (SSSR count). The van der Waals surface area contributed by atoms with E-state index < -0.39 is 5.92 Å². The fourth-order valence-electron chi connectivity index (χ4n) is 5.44. The van der Waals surface area contributed by atoms with Gasteiger partial charge in [-0.2, -0.15) is 5.26 Å². The highest BCUT2D eigenvalue weighted by Gasteiger charge is 2.57. The third-order valence-electron chi connectivity index (χ3n) is 7.23. The van der Waals surface area contributed by atoms with Gasteiger partial charge in [-0.3, -0.25) is 10.0 Å². The van der Waals surface area contributed by atoms with Gasteiger partial charge in [0.15, 0.2) is 0 Å². The van der Waals surface area contributed by atoms with Gasteiger partial charge in [0.05, 0.1) is 0 Å². The van der Waals surface area contributed by atoms with Crippen molar-refractivity contribution in [2.24, 2.45) is 17.8 Å². The van der Waals surface area contributed by atoms with Crippen molar-refractivity contribution in [3.05, 3.63) is 16.7 Å². The number of piperidine rings is 1. The number of hydrogen-bond acceptors (Lipinski definition) is 6. The third kappa shape index (κ3) is 2.69. The lowest BCUT2D eigenvalue weighted by atomic mass is 9.99. The first-order chi connectivity index (χ1) is 13.9. The van der Waals surface area contributed by atoms with Crippen molar-refractivity contribution in [3.8, 4) is 6.07 Å². The molecule has 0 spiro atoms. The summed E-state index contributed by atoms with van der Waals surface area (Å²) in [6.07, 6.45) is 1.17. The molecule has 0 aromatic carbocycles. The van der Waals surface area contributed by atoms with E-state index in [1.165, 1.54) is 0 Å². The molecule has 1 saturated carbocycles. The van der Waals surface area contributed by atoms with Crippen LogP contribution in [0.4, 0.5) is 20.4 Å². The van der Waals surface area contributed by atoms with Gasteiger partial charge in [-0.1, -0.05) is 0 Å². The zero-order valence-corrected chi connectivity index (χ0v) is 16.2. The van der Waals surface area contributed by atoms with E-state index in [9.17, 15) is 18.8 Å². The number of nitrogens with one attached hydrogen (secondary N) is 1. The molecule has 0 radical (unpaired) electrons. The van der Waals surface area contributed by atoms with Gasteiger partial charge in [0, 0.05) is 49.6 Å². The fraction of sp³-hybridized carbons (Fsp3) is 0.650. The number of carbonyl (C=O) groups is 1. The lowest BCUT2D eigenvalue weighted by Crippen LogP contribution is -2.47. The van der Waals surface area contributed by atoms with Crippen LogP contribution < -0.4 is 15.3 Å². The van der Waals surface area contributed by atoms with Gasteiger partial charge in [-0.15, -0.1) is 0 Å². The minimum Gasteiger partial charge on any atom is -0.356 e. The normalized spacial score (nSPS) is 31.0. The monoisotopic (exact) mass is 403 g/mol. The summed E-state index contributed by atoms with van der Waals surface area (Å²) in [6.45, 7) is 4.06. The number of nitriles is 1. The molecule has 1 amide bonds. The molecular formula is C20H23F2N5O2. The van der Waals surface area contributed by atoms with E-state index in [4.69, 9.17) is 10.2 Å². The minimum absolute atomic E-state index is 0.0275. The molecule has 2 aliphatic carbocycles. The van der Waals surface area contributed by atoms with E-state index in [-0.39, 0.29) is 48.3 Å². The summed E-state index contributed by atoms with van der Waals surface area (Å²) in [6, 6.07) is 2.21. The first-order valence-electron chi connectivity index (χ1n) is 10.2. The SMILES string of the molecule is C[C@H]1CCN1c1nc(N2C[C@@H]3C(CC(=O)NO)[C@@H]3C2)c2c(c1C#N)C(F)(F)CC2. The molecule has 0 bridgehead atoms. The first kappa shape index (κ1) is 18.6. The maximum atomic E-state index is 14.8. The molecule has 2 saturated heterocycles. The fourth-order valence-corrected chi connectivity index (χ4v) is 5.44. The Kier molecular flexibility index (Phi) is 4.01. The number of fused-ring (bicyclic) bond motifs is 2. The van der Waals surface area contributed by atoms with Gasteiger partial charge < -0.3 is 9.80 Å². The minimum atomic E-state index is -3.01. The molecule has 3 fully saturated rings. The van der Waals surface area contributed by atoms with Crippen LogP contribution in [0.5, 0.6) is 0 Å². The van der Waals surface area contributed by atoms with Crippen LogP contribution in [-0.2, 0) is 17.1 Å². The second-order valence-corrected chi connectivity index (χ2v) is 8.77. The standard InChI is InChI=1S/C20H23F2N5O2/c1-10-3-5-27(10)19-13(7-23)17-11(2-4-20(17,21)22)18(24-19)26-8-14-12(15(14)9-26)6-16(28)25-29/h10,12,14-15,29H,2-6,8-9H2,1H3,(H,25,28)/t10-,12?,14-,15+/m0/s1. The molecule has 7 nitrogen and oxygen atoms in total. The maximum Gasteiger partial charge on any atom is 0.275 e. The van der Waals surface area contributed by atoms with E-state index in [2.05, 4.69) is 4.90 Å². The molecule has 4 atom stereocenters. The van der Waals surface area contributed by atoms with Crippen molar-refractivity contribution in [3.63, 3.8) is 0 Å². The molecule has 1 unspecified atom stereocenters. The predicted molar refractivity (Wildman–Crippen MR) is 99.8 cm³/mol. The summed E-state index contributed by atoms with van der Waals surface area (Å²) >= 11 is 0. The van der Waals surface area contributed by atoms with E-state index in [1.54, 1.807) is 5.48 Å². The van der Waals surface area contributed by atoms with Crippen LogP contribution in [0.15, 0.2) is 0 Å². The number of hydroxylamine groups is 1. The van der Waals surface area contributed by atoms with Gasteiger partial charge in [0.25, 0.3) is 5.92 Å². The molecule has 29 heavy (non-hydrogen) atoms. The van der Waals surface area contributed by atoms with Crippen LogP contribution in [-0.4, -0.2) is 41.8 Å². The Balaban J connectivity index is 1.49.